The third-order valence-corrected chi connectivity index (χ3v) is 2.75. The number of H-pyrrole nitrogens is 1. The van der Waals surface area contributed by atoms with Gasteiger partial charge < -0.3 is 5.32 Å². The van der Waals surface area contributed by atoms with Crippen molar-refractivity contribution < 1.29 is 0 Å². The SMILES string of the molecule is O=c1ccnc(NC2(Cl)C=CC(Cl)=CC2)[nH]1. The minimum absolute atomic E-state index is 0.230. The fourth-order valence-electron chi connectivity index (χ4n) is 1.32. The minimum Gasteiger partial charge on any atom is -0.333 e. The molecule has 0 aliphatic heterocycles. The van der Waals surface area contributed by atoms with Crippen molar-refractivity contribution >= 4 is 29.2 Å². The second kappa shape index (κ2) is 4.31. The molecule has 6 heteroatoms. The van der Waals surface area contributed by atoms with E-state index < -0.39 is 5.00 Å². The van der Waals surface area contributed by atoms with Gasteiger partial charge in [-0.05, 0) is 12.2 Å². The van der Waals surface area contributed by atoms with Gasteiger partial charge in [0.15, 0.2) is 0 Å². The summed E-state index contributed by atoms with van der Waals surface area (Å²) in [7, 11) is 0. The van der Waals surface area contributed by atoms with Gasteiger partial charge >= 0.3 is 0 Å². The van der Waals surface area contributed by atoms with Gasteiger partial charge in [-0.15, -0.1) is 0 Å². The molecule has 1 aromatic rings. The molecule has 0 fully saturated rings. The van der Waals surface area contributed by atoms with E-state index in [9.17, 15) is 4.79 Å². The number of hydrogen-bond donors (Lipinski definition) is 2. The zero-order chi connectivity index (χ0) is 11.6. The summed E-state index contributed by atoms with van der Waals surface area (Å²) in [4.78, 5) is 16.8. The van der Waals surface area contributed by atoms with Crippen molar-refractivity contribution in [1.82, 2.24) is 9.97 Å². The second-order valence-corrected chi connectivity index (χ2v) is 4.51. The number of allylic oxidation sites excluding steroid dienone is 2. The smallest absolute Gasteiger partial charge is 0.252 e. The van der Waals surface area contributed by atoms with Crippen LogP contribution in [0.4, 0.5) is 5.95 Å². The maximum atomic E-state index is 11.1. The molecule has 0 spiro atoms. The lowest BCUT2D eigenvalue weighted by atomic mass is 10.1. The van der Waals surface area contributed by atoms with E-state index in [-0.39, 0.29) is 5.56 Å². The molecule has 1 aliphatic carbocycles. The van der Waals surface area contributed by atoms with Crippen molar-refractivity contribution in [3.63, 3.8) is 0 Å². The van der Waals surface area contributed by atoms with Gasteiger partial charge in [-0.25, -0.2) is 4.98 Å². The lowest BCUT2D eigenvalue weighted by Crippen LogP contribution is -2.31. The van der Waals surface area contributed by atoms with E-state index in [0.717, 1.165) is 0 Å². The highest BCUT2D eigenvalue weighted by atomic mass is 35.5. The van der Waals surface area contributed by atoms with Gasteiger partial charge in [0.2, 0.25) is 5.95 Å². The highest BCUT2D eigenvalue weighted by Gasteiger charge is 2.25. The van der Waals surface area contributed by atoms with Crippen LogP contribution in [0.25, 0.3) is 0 Å². The van der Waals surface area contributed by atoms with Crippen molar-refractivity contribution in [1.29, 1.82) is 0 Å². The highest BCUT2D eigenvalue weighted by molar-refractivity contribution is 6.32. The molecule has 16 heavy (non-hydrogen) atoms. The van der Waals surface area contributed by atoms with Crippen LogP contribution in [0, 0.1) is 0 Å². The number of nitrogens with zero attached hydrogens (tertiary/aromatic N) is 1. The van der Waals surface area contributed by atoms with E-state index in [2.05, 4.69) is 15.3 Å². The largest absolute Gasteiger partial charge is 0.333 e. The monoisotopic (exact) mass is 257 g/mol. The topological polar surface area (TPSA) is 57.8 Å². The van der Waals surface area contributed by atoms with E-state index >= 15 is 0 Å². The molecule has 0 amide bonds. The molecule has 1 heterocycles. The lowest BCUT2D eigenvalue weighted by molar-refractivity contribution is 0.782. The summed E-state index contributed by atoms with van der Waals surface area (Å²) in [5, 5.41) is 3.57. The van der Waals surface area contributed by atoms with E-state index in [1.54, 1.807) is 18.2 Å². The van der Waals surface area contributed by atoms with E-state index in [1.165, 1.54) is 12.3 Å². The zero-order valence-corrected chi connectivity index (χ0v) is 9.72. The molecule has 0 saturated heterocycles. The Hall–Kier alpha value is -1.26. The first-order valence-corrected chi connectivity index (χ1v) is 5.40. The normalized spacial score (nSPS) is 24.0. The Morgan fingerprint density at radius 1 is 1.56 bits per heavy atom. The Balaban J connectivity index is 2.17. The number of rotatable bonds is 2. The van der Waals surface area contributed by atoms with E-state index in [1.807, 2.05) is 0 Å². The van der Waals surface area contributed by atoms with Crippen molar-refractivity contribution in [2.45, 2.75) is 11.4 Å². The van der Waals surface area contributed by atoms with Crippen LogP contribution in [0.15, 0.2) is 40.3 Å². The van der Waals surface area contributed by atoms with Gasteiger partial charge in [-0.1, -0.05) is 29.3 Å². The number of alkyl halides is 1. The van der Waals surface area contributed by atoms with Crippen molar-refractivity contribution in [3.05, 3.63) is 45.9 Å². The first-order chi connectivity index (χ1) is 7.57. The summed E-state index contributed by atoms with van der Waals surface area (Å²) >= 11 is 12.1. The Morgan fingerprint density at radius 2 is 2.38 bits per heavy atom. The third kappa shape index (κ3) is 2.65. The van der Waals surface area contributed by atoms with Gasteiger partial charge in [-0.3, -0.25) is 9.78 Å². The van der Waals surface area contributed by atoms with Gasteiger partial charge in [0, 0.05) is 23.7 Å². The van der Waals surface area contributed by atoms with E-state index in [4.69, 9.17) is 23.2 Å². The number of aromatic amines is 1. The highest BCUT2D eigenvalue weighted by Crippen LogP contribution is 2.29. The van der Waals surface area contributed by atoms with Crippen LogP contribution in [-0.4, -0.2) is 15.0 Å². The van der Waals surface area contributed by atoms with Crippen LogP contribution in [0.5, 0.6) is 0 Å². The molecule has 0 bridgehead atoms. The van der Waals surface area contributed by atoms with Gasteiger partial charge in [0.1, 0.15) is 5.00 Å². The number of anilines is 1. The van der Waals surface area contributed by atoms with Gasteiger partial charge in [-0.2, -0.15) is 0 Å². The molecule has 0 radical (unpaired) electrons. The van der Waals surface area contributed by atoms with Crippen LogP contribution >= 0.6 is 23.2 Å². The molecule has 84 valence electrons. The predicted molar refractivity (Wildman–Crippen MR) is 64.8 cm³/mol. The van der Waals surface area contributed by atoms with Crippen molar-refractivity contribution in [2.75, 3.05) is 5.32 Å². The summed E-state index contributed by atoms with van der Waals surface area (Å²) < 4.78 is 0. The van der Waals surface area contributed by atoms with Crippen LogP contribution in [-0.2, 0) is 0 Å². The summed E-state index contributed by atoms with van der Waals surface area (Å²) in [6, 6.07) is 1.33. The number of aromatic nitrogens is 2. The van der Waals surface area contributed by atoms with Crippen LogP contribution < -0.4 is 10.9 Å². The molecule has 1 unspecified atom stereocenters. The average molecular weight is 258 g/mol. The van der Waals surface area contributed by atoms with Gasteiger partial charge in [0.25, 0.3) is 5.56 Å². The second-order valence-electron chi connectivity index (χ2n) is 3.40. The van der Waals surface area contributed by atoms with E-state index in [0.29, 0.717) is 17.4 Å². The first-order valence-electron chi connectivity index (χ1n) is 4.65. The summed E-state index contributed by atoms with van der Waals surface area (Å²) in [5.74, 6) is 0.332. The third-order valence-electron chi connectivity index (χ3n) is 2.10. The molecule has 1 aliphatic rings. The standard InChI is InChI=1S/C10H9Cl2N3O/c11-7-1-4-10(12,5-2-7)15-9-13-6-3-8(16)14-9/h1-4,6H,5H2,(H2,13,14,15,16). The van der Waals surface area contributed by atoms with Crippen molar-refractivity contribution in [2.24, 2.45) is 0 Å². The molecule has 2 N–H and O–H groups in total. The predicted octanol–water partition coefficient (Wildman–Crippen LogP) is 2.20. The Labute approximate surface area is 102 Å². The Kier molecular flexibility index (Phi) is 3.03. The zero-order valence-electron chi connectivity index (χ0n) is 8.21. The molecular formula is C10H9Cl2N3O. The lowest BCUT2D eigenvalue weighted by Gasteiger charge is -2.25. The minimum atomic E-state index is -0.796. The van der Waals surface area contributed by atoms with Crippen LogP contribution in [0.3, 0.4) is 0 Å². The quantitative estimate of drug-likeness (QED) is 0.631. The van der Waals surface area contributed by atoms with Gasteiger partial charge in [0.05, 0.1) is 0 Å². The van der Waals surface area contributed by atoms with Crippen LogP contribution in [0.2, 0.25) is 0 Å². The molecule has 1 atom stereocenters. The summed E-state index contributed by atoms with van der Waals surface area (Å²) in [5.41, 5.74) is -0.230. The number of halogens is 2. The summed E-state index contributed by atoms with van der Waals surface area (Å²) in [6.07, 6.45) is 7.15. The molecule has 0 aromatic carbocycles. The Bertz CT molecular complexity index is 509. The van der Waals surface area contributed by atoms with Crippen molar-refractivity contribution in [3.8, 4) is 0 Å². The maximum Gasteiger partial charge on any atom is 0.252 e. The summed E-state index contributed by atoms with van der Waals surface area (Å²) in [6.45, 7) is 0. The fraction of sp³-hybridized carbons (Fsp3) is 0.200. The number of nitrogens with one attached hydrogen (secondary N) is 2. The molecule has 2 rings (SSSR count). The fourth-order valence-corrected chi connectivity index (χ4v) is 1.69. The molecule has 1 aromatic heterocycles. The Morgan fingerprint density at radius 3 is 3.00 bits per heavy atom. The first kappa shape index (κ1) is 11.2. The maximum absolute atomic E-state index is 11.1. The molecule has 0 saturated carbocycles. The molecular weight excluding hydrogens is 249 g/mol. The average Bonchev–Trinajstić information content (AvgIpc) is 2.23. The molecule has 4 nitrogen and oxygen atoms in total. The van der Waals surface area contributed by atoms with Crippen LogP contribution in [0.1, 0.15) is 6.42 Å². The number of hydrogen-bond acceptors (Lipinski definition) is 3.